The molecule has 0 saturated heterocycles. The van der Waals surface area contributed by atoms with Crippen LogP contribution in [0.1, 0.15) is 5.56 Å². The van der Waals surface area contributed by atoms with Crippen molar-refractivity contribution in [1.29, 1.82) is 0 Å². The van der Waals surface area contributed by atoms with Gasteiger partial charge in [0.05, 0.1) is 7.11 Å². The number of ether oxygens (including phenoxy) is 2. The second kappa shape index (κ2) is 5.85. The van der Waals surface area contributed by atoms with E-state index in [4.69, 9.17) is 15.2 Å². The average Bonchev–Trinajstić information content (AvgIpc) is 2.82. The molecule has 7 heteroatoms. The predicted octanol–water partition coefficient (Wildman–Crippen LogP) is 0.612. The van der Waals surface area contributed by atoms with Crippen molar-refractivity contribution in [3.8, 4) is 5.75 Å². The van der Waals surface area contributed by atoms with Gasteiger partial charge in [0.25, 0.3) is 0 Å². The first-order valence-electron chi connectivity index (χ1n) is 5.61. The lowest BCUT2D eigenvalue weighted by atomic mass is 10.2. The number of para-hydroxylation sites is 1. The molecule has 0 spiro atoms. The van der Waals surface area contributed by atoms with Gasteiger partial charge in [0.2, 0.25) is 5.95 Å². The van der Waals surface area contributed by atoms with Gasteiger partial charge in [0.15, 0.2) is 0 Å². The van der Waals surface area contributed by atoms with Gasteiger partial charge in [-0.25, -0.2) is 9.67 Å². The number of esters is 1. The first-order valence-corrected chi connectivity index (χ1v) is 5.61. The van der Waals surface area contributed by atoms with Crippen molar-refractivity contribution in [1.82, 2.24) is 14.8 Å². The summed E-state index contributed by atoms with van der Waals surface area (Å²) in [6.07, 6.45) is 1.37. The van der Waals surface area contributed by atoms with Gasteiger partial charge in [0, 0.05) is 5.56 Å². The van der Waals surface area contributed by atoms with E-state index in [1.807, 2.05) is 18.2 Å². The topological polar surface area (TPSA) is 92.3 Å². The van der Waals surface area contributed by atoms with Crippen LogP contribution in [-0.2, 0) is 22.7 Å². The third-order valence-corrected chi connectivity index (χ3v) is 2.43. The standard InChI is InChI=1S/C12H14N4O3/c1-18-10-5-3-2-4-9(10)7-19-11(17)6-16-8-14-12(13)15-16/h2-5,8H,6-7H2,1H3,(H2,13,15). The van der Waals surface area contributed by atoms with Gasteiger partial charge in [-0.15, -0.1) is 5.10 Å². The van der Waals surface area contributed by atoms with E-state index in [0.717, 1.165) is 5.56 Å². The van der Waals surface area contributed by atoms with Crippen molar-refractivity contribution in [3.63, 3.8) is 0 Å². The minimum absolute atomic E-state index is 0.0284. The third-order valence-electron chi connectivity index (χ3n) is 2.43. The molecule has 1 aromatic heterocycles. The number of benzene rings is 1. The van der Waals surface area contributed by atoms with Crippen LogP contribution in [0, 0.1) is 0 Å². The van der Waals surface area contributed by atoms with Crippen molar-refractivity contribution in [2.45, 2.75) is 13.2 Å². The zero-order valence-corrected chi connectivity index (χ0v) is 10.4. The van der Waals surface area contributed by atoms with Gasteiger partial charge in [-0.2, -0.15) is 0 Å². The Morgan fingerprint density at radius 2 is 2.21 bits per heavy atom. The zero-order valence-electron chi connectivity index (χ0n) is 10.4. The molecule has 0 saturated carbocycles. The largest absolute Gasteiger partial charge is 0.496 e. The first-order chi connectivity index (χ1) is 9.19. The highest BCUT2D eigenvalue weighted by molar-refractivity contribution is 5.69. The summed E-state index contributed by atoms with van der Waals surface area (Å²) < 4.78 is 11.6. The number of aromatic nitrogens is 3. The maximum absolute atomic E-state index is 11.6. The van der Waals surface area contributed by atoms with Gasteiger partial charge in [-0.1, -0.05) is 18.2 Å². The molecule has 0 fully saturated rings. The molecule has 19 heavy (non-hydrogen) atoms. The summed E-state index contributed by atoms with van der Waals surface area (Å²) in [6, 6.07) is 7.34. The average molecular weight is 262 g/mol. The van der Waals surface area contributed by atoms with E-state index in [9.17, 15) is 4.79 Å². The van der Waals surface area contributed by atoms with Crippen LogP contribution >= 0.6 is 0 Å². The Morgan fingerprint density at radius 3 is 2.89 bits per heavy atom. The number of hydrogen-bond acceptors (Lipinski definition) is 6. The number of nitrogens with two attached hydrogens (primary N) is 1. The van der Waals surface area contributed by atoms with Crippen LogP contribution in [0.2, 0.25) is 0 Å². The van der Waals surface area contributed by atoms with E-state index in [1.54, 1.807) is 13.2 Å². The highest BCUT2D eigenvalue weighted by atomic mass is 16.5. The van der Waals surface area contributed by atoms with Crippen LogP contribution < -0.4 is 10.5 Å². The minimum atomic E-state index is -0.421. The third kappa shape index (κ3) is 3.44. The quantitative estimate of drug-likeness (QED) is 0.794. The van der Waals surface area contributed by atoms with Crippen molar-refractivity contribution >= 4 is 11.9 Å². The first kappa shape index (κ1) is 12.9. The minimum Gasteiger partial charge on any atom is -0.496 e. The van der Waals surface area contributed by atoms with E-state index in [-0.39, 0.29) is 19.1 Å². The van der Waals surface area contributed by atoms with Gasteiger partial charge in [-0.05, 0) is 6.07 Å². The molecule has 0 radical (unpaired) electrons. The summed E-state index contributed by atoms with van der Waals surface area (Å²) >= 11 is 0. The molecule has 1 heterocycles. The molecule has 7 nitrogen and oxygen atoms in total. The monoisotopic (exact) mass is 262 g/mol. The SMILES string of the molecule is COc1ccccc1COC(=O)Cn1cnc(N)n1. The molecule has 100 valence electrons. The molecule has 0 aliphatic heterocycles. The molecular weight excluding hydrogens is 248 g/mol. The number of nitrogen functional groups attached to an aromatic ring is 1. The Hall–Kier alpha value is -2.57. The number of methoxy groups -OCH3 is 1. The van der Waals surface area contributed by atoms with Crippen molar-refractivity contribution in [2.75, 3.05) is 12.8 Å². The van der Waals surface area contributed by atoms with Crippen LogP contribution in [0.5, 0.6) is 5.75 Å². The molecule has 1 aromatic carbocycles. The maximum Gasteiger partial charge on any atom is 0.328 e. The van der Waals surface area contributed by atoms with Gasteiger partial charge in [0.1, 0.15) is 25.2 Å². The van der Waals surface area contributed by atoms with Crippen molar-refractivity contribution in [3.05, 3.63) is 36.2 Å². The van der Waals surface area contributed by atoms with Gasteiger partial charge >= 0.3 is 5.97 Å². The summed E-state index contributed by atoms with van der Waals surface area (Å²) in [5, 5.41) is 3.80. The number of nitrogens with zero attached hydrogens (tertiary/aromatic N) is 3. The van der Waals surface area contributed by atoms with Gasteiger partial charge < -0.3 is 15.2 Å². The number of hydrogen-bond donors (Lipinski definition) is 1. The Morgan fingerprint density at radius 1 is 1.42 bits per heavy atom. The maximum atomic E-state index is 11.6. The predicted molar refractivity (Wildman–Crippen MR) is 67.2 cm³/mol. The molecule has 2 rings (SSSR count). The number of carbonyl (C=O) groups excluding carboxylic acids is 1. The highest BCUT2D eigenvalue weighted by Gasteiger charge is 2.08. The van der Waals surface area contributed by atoms with E-state index in [2.05, 4.69) is 10.1 Å². The molecule has 0 amide bonds. The molecular formula is C12H14N4O3. The molecule has 2 aromatic rings. The number of anilines is 1. The van der Waals surface area contributed by atoms with E-state index >= 15 is 0 Å². The summed E-state index contributed by atoms with van der Waals surface area (Å²) in [4.78, 5) is 15.3. The lowest BCUT2D eigenvalue weighted by Gasteiger charge is -2.08. The van der Waals surface area contributed by atoms with Crippen LogP contribution in [0.25, 0.3) is 0 Å². The smallest absolute Gasteiger partial charge is 0.328 e. The fourth-order valence-electron chi connectivity index (χ4n) is 1.54. The Labute approximate surface area is 110 Å². The van der Waals surface area contributed by atoms with Crippen LogP contribution in [-0.4, -0.2) is 27.8 Å². The summed E-state index contributed by atoms with van der Waals surface area (Å²) in [7, 11) is 1.57. The zero-order chi connectivity index (χ0) is 13.7. The van der Waals surface area contributed by atoms with E-state index in [0.29, 0.717) is 5.75 Å². The number of rotatable bonds is 5. The molecule has 0 unspecified atom stereocenters. The van der Waals surface area contributed by atoms with Crippen LogP contribution in [0.3, 0.4) is 0 Å². The molecule has 0 bridgehead atoms. The number of carbonyl (C=O) groups is 1. The van der Waals surface area contributed by atoms with E-state index < -0.39 is 5.97 Å². The molecule has 0 atom stereocenters. The highest BCUT2D eigenvalue weighted by Crippen LogP contribution is 2.18. The van der Waals surface area contributed by atoms with E-state index in [1.165, 1.54) is 11.0 Å². The molecule has 0 aliphatic rings. The summed E-state index contributed by atoms with van der Waals surface area (Å²) in [6.45, 7) is 0.117. The second-order valence-electron chi connectivity index (χ2n) is 3.77. The summed E-state index contributed by atoms with van der Waals surface area (Å²) in [5.74, 6) is 0.383. The lowest BCUT2D eigenvalue weighted by molar-refractivity contribution is -0.145. The summed E-state index contributed by atoms with van der Waals surface area (Å²) in [5.41, 5.74) is 6.15. The Bertz CT molecular complexity index is 568. The fourth-order valence-corrected chi connectivity index (χ4v) is 1.54. The van der Waals surface area contributed by atoms with Crippen molar-refractivity contribution < 1.29 is 14.3 Å². The van der Waals surface area contributed by atoms with Crippen LogP contribution in [0.4, 0.5) is 5.95 Å². The molecule has 2 N–H and O–H groups in total. The van der Waals surface area contributed by atoms with Crippen molar-refractivity contribution in [2.24, 2.45) is 0 Å². The second-order valence-corrected chi connectivity index (χ2v) is 3.77. The molecule has 0 aliphatic carbocycles. The Kier molecular flexibility index (Phi) is 3.97. The lowest BCUT2D eigenvalue weighted by Crippen LogP contribution is -2.14. The van der Waals surface area contributed by atoms with Gasteiger partial charge in [-0.3, -0.25) is 4.79 Å². The Balaban J connectivity index is 1.89. The van der Waals surface area contributed by atoms with Crippen LogP contribution in [0.15, 0.2) is 30.6 Å². The normalized spacial score (nSPS) is 10.2. The fraction of sp³-hybridized carbons (Fsp3) is 0.250.